The van der Waals surface area contributed by atoms with Gasteiger partial charge in [0.15, 0.2) is 0 Å². The lowest BCUT2D eigenvalue weighted by Crippen LogP contribution is -2.29. The van der Waals surface area contributed by atoms with Crippen LogP contribution in [0.15, 0.2) is 72.8 Å². The fourth-order valence-corrected chi connectivity index (χ4v) is 3.24. The molecule has 0 radical (unpaired) electrons. The van der Waals surface area contributed by atoms with Crippen LogP contribution in [0.2, 0.25) is 0 Å². The molecule has 1 unspecified atom stereocenters. The molecule has 1 atom stereocenters. The summed E-state index contributed by atoms with van der Waals surface area (Å²) in [6.45, 7) is 0.889. The first-order valence-corrected chi connectivity index (χ1v) is 9.81. The molecule has 4 nitrogen and oxygen atoms in total. The van der Waals surface area contributed by atoms with E-state index in [1.54, 1.807) is 13.2 Å². The molecule has 3 aromatic rings. The van der Waals surface area contributed by atoms with E-state index in [4.69, 9.17) is 4.74 Å². The summed E-state index contributed by atoms with van der Waals surface area (Å²) in [6.07, 6.45) is 4.25. The minimum absolute atomic E-state index is 0.0463. The minimum atomic E-state index is -0.0993. The van der Waals surface area contributed by atoms with Crippen molar-refractivity contribution in [1.29, 1.82) is 0 Å². The second kappa shape index (κ2) is 9.89. The SMILES string of the molecule is COc1ccc(C=CC(=O)NC(CCN(C)C)c2ccc3ccccc3c2)cc1. The van der Waals surface area contributed by atoms with Crippen molar-refractivity contribution in [3.05, 3.63) is 83.9 Å². The van der Waals surface area contributed by atoms with E-state index in [-0.39, 0.29) is 11.9 Å². The molecular weight excluding hydrogens is 360 g/mol. The Labute approximate surface area is 172 Å². The highest BCUT2D eigenvalue weighted by Crippen LogP contribution is 2.23. The van der Waals surface area contributed by atoms with E-state index in [0.717, 1.165) is 29.8 Å². The van der Waals surface area contributed by atoms with Gasteiger partial charge in [-0.05, 0) is 73.2 Å². The lowest BCUT2D eigenvalue weighted by Gasteiger charge is -2.21. The zero-order valence-corrected chi connectivity index (χ0v) is 17.3. The Hall–Kier alpha value is -3.11. The van der Waals surface area contributed by atoms with Crippen molar-refractivity contribution in [1.82, 2.24) is 10.2 Å². The zero-order valence-electron chi connectivity index (χ0n) is 17.3. The van der Waals surface area contributed by atoms with Crippen LogP contribution in [-0.4, -0.2) is 38.6 Å². The van der Waals surface area contributed by atoms with Gasteiger partial charge in [0.1, 0.15) is 5.75 Å². The van der Waals surface area contributed by atoms with Crippen LogP contribution in [0.4, 0.5) is 0 Å². The smallest absolute Gasteiger partial charge is 0.244 e. The van der Waals surface area contributed by atoms with Crippen LogP contribution in [0.25, 0.3) is 16.8 Å². The standard InChI is InChI=1S/C25H28N2O2/c1-27(2)17-16-24(22-12-11-20-6-4-5-7-21(20)18-22)26-25(28)15-10-19-8-13-23(29-3)14-9-19/h4-15,18,24H,16-17H2,1-3H3,(H,26,28). The third-order valence-electron chi connectivity index (χ3n) is 4.90. The highest BCUT2D eigenvalue weighted by molar-refractivity contribution is 5.92. The molecule has 1 amide bonds. The second-order valence-electron chi connectivity index (χ2n) is 7.37. The molecule has 0 saturated carbocycles. The van der Waals surface area contributed by atoms with Crippen LogP contribution in [0.5, 0.6) is 5.75 Å². The topological polar surface area (TPSA) is 41.6 Å². The summed E-state index contributed by atoms with van der Waals surface area (Å²) in [5.41, 5.74) is 2.08. The predicted molar refractivity (Wildman–Crippen MR) is 120 cm³/mol. The quantitative estimate of drug-likeness (QED) is 0.570. The van der Waals surface area contributed by atoms with Crippen LogP contribution in [0.1, 0.15) is 23.6 Å². The average molecular weight is 389 g/mol. The molecule has 29 heavy (non-hydrogen) atoms. The fraction of sp³-hybridized carbons (Fsp3) is 0.240. The number of hydrogen-bond donors (Lipinski definition) is 1. The Morgan fingerprint density at radius 1 is 1.03 bits per heavy atom. The van der Waals surface area contributed by atoms with Gasteiger partial charge < -0.3 is 15.0 Å². The minimum Gasteiger partial charge on any atom is -0.497 e. The number of amides is 1. The first-order chi connectivity index (χ1) is 14.0. The van der Waals surface area contributed by atoms with Crippen LogP contribution < -0.4 is 10.1 Å². The van der Waals surface area contributed by atoms with Crippen molar-refractivity contribution in [2.24, 2.45) is 0 Å². The maximum absolute atomic E-state index is 12.6. The van der Waals surface area contributed by atoms with Crippen molar-refractivity contribution in [2.45, 2.75) is 12.5 Å². The summed E-state index contributed by atoms with van der Waals surface area (Å²) < 4.78 is 5.17. The highest BCUT2D eigenvalue weighted by Gasteiger charge is 2.14. The lowest BCUT2D eigenvalue weighted by molar-refractivity contribution is -0.117. The molecule has 1 N–H and O–H groups in total. The van der Waals surface area contributed by atoms with E-state index in [1.165, 1.54) is 10.8 Å². The Morgan fingerprint density at radius 3 is 2.45 bits per heavy atom. The van der Waals surface area contributed by atoms with Gasteiger partial charge >= 0.3 is 0 Å². The molecule has 0 fully saturated rings. The molecule has 0 aliphatic carbocycles. The molecule has 0 heterocycles. The van der Waals surface area contributed by atoms with Crippen LogP contribution in [-0.2, 0) is 4.79 Å². The number of nitrogens with zero attached hydrogens (tertiary/aromatic N) is 1. The Morgan fingerprint density at radius 2 is 1.76 bits per heavy atom. The van der Waals surface area contributed by atoms with E-state index in [2.05, 4.69) is 40.5 Å². The Bertz CT molecular complexity index is 978. The van der Waals surface area contributed by atoms with Gasteiger partial charge in [-0.3, -0.25) is 4.79 Å². The van der Waals surface area contributed by atoms with Crippen molar-refractivity contribution < 1.29 is 9.53 Å². The van der Waals surface area contributed by atoms with Crippen LogP contribution in [0, 0.1) is 0 Å². The van der Waals surface area contributed by atoms with E-state index in [9.17, 15) is 4.79 Å². The number of fused-ring (bicyclic) bond motifs is 1. The summed E-state index contributed by atoms with van der Waals surface area (Å²) >= 11 is 0. The van der Waals surface area contributed by atoms with Gasteiger partial charge in [-0.2, -0.15) is 0 Å². The van der Waals surface area contributed by atoms with Crippen molar-refractivity contribution >= 4 is 22.8 Å². The number of rotatable bonds is 8. The molecule has 3 rings (SSSR count). The number of hydrogen-bond acceptors (Lipinski definition) is 3. The highest BCUT2D eigenvalue weighted by atomic mass is 16.5. The number of ether oxygens (including phenoxy) is 1. The largest absolute Gasteiger partial charge is 0.497 e. The maximum Gasteiger partial charge on any atom is 0.244 e. The Kier molecular flexibility index (Phi) is 7.04. The number of benzene rings is 3. The Balaban J connectivity index is 1.74. The lowest BCUT2D eigenvalue weighted by atomic mass is 9.99. The average Bonchev–Trinajstić information content (AvgIpc) is 2.75. The zero-order chi connectivity index (χ0) is 20.6. The van der Waals surface area contributed by atoms with Gasteiger partial charge in [0.2, 0.25) is 5.91 Å². The fourth-order valence-electron chi connectivity index (χ4n) is 3.24. The van der Waals surface area contributed by atoms with Gasteiger partial charge in [0, 0.05) is 6.08 Å². The molecule has 0 saturated heterocycles. The molecule has 3 aromatic carbocycles. The van der Waals surface area contributed by atoms with Gasteiger partial charge in [-0.15, -0.1) is 0 Å². The molecule has 0 aliphatic rings. The maximum atomic E-state index is 12.6. The van der Waals surface area contributed by atoms with Crippen molar-refractivity contribution in [3.8, 4) is 5.75 Å². The summed E-state index contributed by atoms with van der Waals surface area (Å²) in [7, 11) is 5.73. The van der Waals surface area contributed by atoms with Gasteiger partial charge in [-0.1, -0.05) is 48.5 Å². The number of carbonyl (C=O) groups excluding carboxylic acids is 1. The molecule has 0 bridgehead atoms. The van der Waals surface area contributed by atoms with E-state index in [0.29, 0.717) is 0 Å². The summed E-state index contributed by atoms with van der Waals surface area (Å²) in [5, 5.41) is 5.55. The monoisotopic (exact) mass is 388 g/mol. The van der Waals surface area contributed by atoms with Gasteiger partial charge in [-0.25, -0.2) is 0 Å². The predicted octanol–water partition coefficient (Wildman–Crippen LogP) is 4.67. The second-order valence-corrected chi connectivity index (χ2v) is 7.37. The molecule has 4 heteroatoms. The first-order valence-electron chi connectivity index (χ1n) is 9.81. The molecule has 0 aromatic heterocycles. The first kappa shape index (κ1) is 20.6. The number of carbonyl (C=O) groups is 1. The van der Waals surface area contributed by atoms with Crippen LogP contribution >= 0.6 is 0 Å². The normalized spacial score (nSPS) is 12.4. The van der Waals surface area contributed by atoms with Gasteiger partial charge in [0.05, 0.1) is 13.2 Å². The molecule has 0 spiro atoms. The van der Waals surface area contributed by atoms with Crippen LogP contribution in [0.3, 0.4) is 0 Å². The van der Waals surface area contributed by atoms with Crippen molar-refractivity contribution in [3.63, 3.8) is 0 Å². The van der Waals surface area contributed by atoms with Crippen molar-refractivity contribution in [2.75, 3.05) is 27.7 Å². The number of methoxy groups -OCH3 is 1. The molecule has 0 aliphatic heterocycles. The summed E-state index contributed by atoms with van der Waals surface area (Å²) in [6, 6.07) is 22.2. The number of nitrogens with one attached hydrogen (secondary N) is 1. The summed E-state index contributed by atoms with van der Waals surface area (Å²) in [5.74, 6) is 0.699. The third kappa shape index (κ3) is 5.93. The van der Waals surface area contributed by atoms with E-state index < -0.39 is 0 Å². The molecular formula is C25H28N2O2. The van der Waals surface area contributed by atoms with E-state index in [1.807, 2.05) is 56.6 Å². The van der Waals surface area contributed by atoms with Gasteiger partial charge in [0.25, 0.3) is 0 Å². The summed E-state index contributed by atoms with van der Waals surface area (Å²) in [4.78, 5) is 14.7. The molecule has 150 valence electrons. The van der Waals surface area contributed by atoms with E-state index >= 15 is 0 Å². The third-order valence-corrected chi connectivity index (χ3v) is 4.90.